The normalized spacial score (nSPS) is 13.2. The summed E-state index contributed by atoms with van der Waals surface area (Å²) < 4.78 is 5.22. The van der Waals surface area contributed by atoms with E-state index in [1.54, 1.807) is 13.3 Å². The number of aryl methyl sites for hydroxylation is 1. The third kappa shape index (κ3) is 2.13. The van der Waals surface area contributed by atoms with Gasteiger partial charge in [-0.25, -0.2) is 0 Å². The molecular weight excluding hydrogens is 252 g/mol. The number of aromatic nitrogens is 1. The van der Waals surface area contributed by atoms with E-state index in [2.05, 4.69) is 4.98 Å². The fourth-order valence-electron chi connectivity index (χ4n) is 2.54. The lowest BCUT2D eigenvalue weighted by atomic mass is 10.1. The summed E-state index contributed by atoms with van der Waals surface area (Å²) >= 11 is 0. The zero-order chi connectivity index (χ0) is 14.1. The second-order valence-electron chi connectivity index (χ2n) is 4.95. The van der Waals surface area contributed by atoms with E-state index in [9.17, 15) is 4.79 Å². The number of carbonyl (C=O) groups excluding carboxylic acids is 1. The molecule has 0 aliphatic carbocycles. The van der Waals surface area contributed by atoms with E-state index in [4.69, 9.17) is 4.74 Å². The van der Waals surface area contributed by atoms with Crippen molar-refractivity contribution in [2.24, 2.45) is 0 Å². The molecule has 20 heavy (non-hydrogen) atoms. The molecule has 1 aromatic carbocycles. The summed E-state index contributed by atoms with van der Waals surface area (Å²) in [5.74, 6) is 0.835. The van der Waals surface area contributed by atoms with Crippen LogP contribution in [0.2, 0.25) is 0 Å². The van der Waals surface area contributed by atoms with Gasteiger partial charge in [-0.3, -0.25) is 9.78 Å². The van der Waals surface area contributed by atoms with Gasteiger partial charge in [-0.15, -0.1) is 0 Å². The van der Waals surface area contributed by atoms with Crippen LogP contribution >= 0.6 is 0 Å². The van der Waals surface area contributed by atoms with Crippen LogP contribution in [0.25, 0.3) is 0 Å². The third-order valence-electron chi connectivity index (χ3n) is 3.62. The molecule has 4 nitrogen and oxygen atoms in total. The van der Waals surface area contributed by atoms with Crippen molar-refractivity contribution >= 4 is 5.91 Å². The lowest BCUT2D eigenvalue weighted by molar-refractivity contribution is 0.0750. The number of hydrogen-bond acceptors (Lipinski definition) is 3. The fourth-order valence-corrected chi connectivity index (χ4v) is 2.54. The van der Waals surface area contributed by atoms with Crippen LogP contribution in [0, 0.1) is 6.92 Å². The number of ether oxygens (including phenoxy) is 1. The number of methoxy groups -OCH3 is 1. The van der Waals surface area contributed by atoms with Crippen molar-refractivity contribution < 1.29 is 9.53 Å². The van der Waals surface area contributed by atoms with Crippen molar-refractivity contribution in [3.8, 4) is 5.75 Å². The van der Waals surface area contributed by atoms with Gasteiger partial charge >= 0.3 is 0 Å². The molecule has 0 bridgehead atoms. The second kappa shape index (κ2) is 4.96. The van der Waals surface area contributed by atoms with E-state index in [1.807, 2.05) is 42.2 Å². The molecule has 0 saturated heterocycles. The van der Waals surface area contributed by atoms with E-state index >= 15 is 0 Å². The predicted molar refractivity (Wildman–Crippen MR) is 75.5 cm³/mol. The van der Waals surface area contributed by atoms with Gasteiger partial charge < -0.3 is 9.64 Å². The molecule has 1 aliphatic heterocycles. The van der Waals surface area contributed by atoms with Gasteiger partial charge in [-0.1, -0.05) is 6.07 Å². The van der Waals surface area contributed by atoms with Gasteiger partial charge in [0.05, 0.1) is 19.3 Å². The first-order chi connectivity index (χ1) is 9.69. The van der Waals surface area contributed by atoms with Gasteiger partial charge in [0, 0.05) is 18.3 Å². The molecule has 3 rings (SSSR count). The summed E-state index contributed by atoms with van der Waals surface area (Å²) in [6, 6.07) is 9.45. The summed E-state index contributed by atoms with van der Waals surface area (Å²) in [5, 5.41) is 0. The Morgan fingerprint density at radius 3 is 2.85 bits per heavy atom. The zero-order valence-electron chi connectivity index (χ0n) is 11.6. The van der Waals surface area contributed by atoms with Gasteiger partial charge in [0.1, 0.15) is 5.75 Å². The summed E-state index contributed by atoms with van der Waals surface area (Å²) in [4.78, 5) is 18.7. The summed E-state index contributed by atoms with van der Waals surface area (Å²) in [6.07, 6.45) is 1.77. The summed E-state index contributed by atoms with van der Waals surface area (Å²) in [6.45, 7) is 3.16. The Morgan fingerprint density at radius 2 is 2.15 bits per heavy atom. The fraction of sp³-hybridized carbons (Fsp3) is 0.250. The van der Waals surface area contributed by atoms with Crippen LogP contribution in [0.15, 0.2) is 36.5 Å². The number of amides is 1. The second-order valence-corrected chi connectivity index (χ2v) is 4.95. The highest BCUT2D eigenvalue weighted by molar-refractivity contribution is 5.94. The molecule has 1 amide bonds. The highest BCUT2D eigenvalue weighted by atomic mass is 16.5. The maximum absolute atomic E-state index is 12.5. The Labute approximate surface area is 118 Å². The Balaban J connectivity index is 1.83. The maximum Gasteiger partial charge on any atom is 0.254 e. The maximum atomic E-state index is 12.5. The molecule has 4 heteroatoms. The summed E-state index contributed by atoms with van der Waals surface area (Å²) in [5.41, 5.74) is 3.78. The van der Waals surface area contributed by atoms with Crippen molar-refractivity contribution in [1.82, 2.24) is 9.88 Å². The monoisotopic (exact) mass is 268 g/mol. The number of nitrogens with zero attached hydrogens (tertiary/aromatic N) is 2. The molecule has 0 atom stereocenters. The first-order valence-electron chi connectivity index (χ1n) is 6.55. The van der Waals surface area contributed by atoms with Gasteiger partial charge in [0.2, 0.25) is 0 Å². The highest BCUT2D eigenvalue weighted by Crippen LogP contribution is 2.24. The summed E-state index contributed by atoms with van der Waals surface area (Å²) in [7, 11) is 1.63. The molecule has 0 spiro atoms. The molecular formula is C16H16N2O2. The number of rotatable bonds is 2. The third-order valence-corrected chi connectivity index (χ3v) is 3.62. The number of benzene rings is 1. The first-order valence-corrected chi connectivity index (χ1v) is 6.55. The molecule has 0 radical (unpaired) electrons. The van der Waals surface area contributed by atoms with Gasteiger partial charge in [0.25, 0.3) is 5.91 Å². The lowest BCUT2D eigenvalue weighted by Gasteiger charge is -2.16. The number of pyridine rings is 1. The van der Waals surface area contributed by atoms with Gasteiger partial charge in [-0.2, -0.15) is 0 Å². The number of carbonyl (C=O) groups is 1. The quantitative estimate of drug-likeness (QED) is 0.840. The number of hydrogen-bond donors (Lipinski definition) is 0. The van der Waals surface area contributed by atoms with E-state index < -0.39 is 0 Å². The molecule has 0 fully saturated rings. The van der Waals surface area contributed by atoms with E-state index in [0.717, 1.165) is 22.6 Å². The van der Waals surface area contributed by atoms with Crippen molar-refractivity contribution in [1.29, 1.82) is 0 Å². The minimum absolute atomic E-state index is 0.0359. The smallest absolute Gasteiger partial charge is 0.254 e. The SMILES string of the molecule is COc1ccc(C(=O)N2Cc3cccnc3C2)cc1C. The van der Waals surface area contributed by atoms with E-state index in [1.165, 1.54) is 0 Å². The van der Waals surface area contributed by atoms with Crippen LogP contribution in [0.1, 0.15) is 27.2 Å². The van der Waals surface area contributed by atoms with Crippen LogP contribution in [-0.2, 0) is 13.1 Å². The lowest BCUT2D eigenvalue weighted by Crippen LogP contribution is -2.25. The van der Waals surface area contributed by atoms with Crippen molar-refractivity contribution in [2.45, 2.75) is 20.0 Å². The van der Waals surface area contributed by atoms with Crippen LogP contribution in [0.5, 0.6) is 5.75 Å². The standard InChI is InChI=1S/C16H16N2O2/c1-11-8-12(5-6-15(11)20-2)16(19)18-9-13-4-3-7-17-14(13)10-18/h3-8H,9-10H2,1-2H3. The Bertz CT molecular complexity index is 642. The van der Waals surface area contributed by atoms with E-state index in [-0.39, 0.29) is 5.91 Å². The molecule has 2 heterocycles. The molecule has 0 N–H and O–H groups in total. The average Bonchev–Trinajstić information content (AvgIpc) is 2.90. The minimum atomic E-state index is 0.0359. The topological polar surface area (TPSA) is 42.4 Å². The van der Waals surface area contributed by atoms with E-state index in [0.29, 0.717) is 18.7 Å². The Kier molecular flexibility index (Phi) is 3.14. The molecule has 0 saturated carbocycles. The van der Waals surface area contributed by atoms with Crippen LogP contribution < -0.4 is 4.74 Å². The average molecular weight is 268 g/mol. The molecule has 102 valence electrons. The Hall–Kier alpha value is -2.36. The van der Waals surface area contributed by atoms with Crippen molar-refractivity contribution in [3.05, 3.63) is 58.9 Å². The highest BCUT2D eigenvalue weighted by Gasteiger charge is 2.25. The van der Waals surface area contributed by atoms with Crippen molar-refractivity contribution in [2.75, 3.05) is 7.11 Å². The van der Waals surface area contributed by atoms with Gasteiger partial charge in [0.15, 0.2) is 0 Å². The zero-order valence-corrected chi connectivity index (χ0v) is 11.6. The minimum Gasteiger partial charge on any atom is -0.496 e. The van der Waals surface area contributed by atoms with Crippen molar-refractivity contribution in [3.63, 3.8) is 0 Å². The molecule has 0 unspecified atom stereocenters. The van der Waals surface area contributed by atoms with Crippen LogP contribution in [-0.4, -0.2) is 22.9 Å². The Morgan fingerprint density at radius 1 is 1.30 bits per heavy atom. The number of fused-ring (bicyclic) bond motifs is 1. The van der Waals surface area contributed by atoms with Crippen LogP contribution in [0.4, 0.5) is 0 Å². The largest absolute Gasteiger partial charge is 0.496 e. The predicted octanol–water partition coefficient (Wildman–Crippen LogP) is 2.55. The molecule has 1 aliphatic rings. The van der Waals surface area contributed by atoms with Crippen LogP contribution in [0.3, 0.4) is 0 Å². The molecule has 2 aromatic rings. The first kappa shape index (κ1) is 12.7. The van der Waals surface area contributed by atoms with Gasteiger partial charge in [-0.05, 0) is 42.3 Å². The molecule has 1 aromatic heterocycles.